The lowest BCUT2D eigenvalue weighted by Gasteiger charge is -2.29. The van der Waals surface area contributed by atoms with Crippen LogP contribution in [0.15, 0.2) is 0 Å². The molecule has 0 aliphatic carbocycles. The summed E-state index contributed by atoms with van der Waals surface area (Å²) in [7, 11) is 0. The fourth-order valence-corrected chi connectivity index (χ4v) is 1.11. The SMILES string of the molecule is CC(C)C(C)(C)[N+]1=CCC1. The highest BCUT2D eigenvalue weighted by molar-refractivity contribution is 5.55. The summed E-state index contributed by atoms with van der Waals surface area (Å²) in [4.78, 5) is 0. The number of hydrogen-bond donors (Lipinski definition) is 0. The van der Waals surface area contributed by atoms with Crippen molar-refractivity contribution in [1.82, 2.24) is 0 Å². The summed E-state index contributed by atoms with van der Waals surface area (Å²) in [6, 6.07) is 0. The molecule has 0 radical (unpaired) electrons. The molecule has 0 atom stereocenters. The van der Waals surface area contributed by atoms with E-state index in [4.69, 9.17) is 0 Å². The largest absolute Gasteiger partial charge is 0.234 e. The summed E-state index contributed by atoms with van der Waals surface area (Å²) in [6.45, 7) is 10.4. The van der Waals surface area contributed by atoms with E-state index < -0.39 is 0 Å². The number of nitrogens with zero attached hydrogens (tertiary/aromatic N) is 1. The third-order valence-corrected chi connectivity index (χ3v) is 2.87. The Morgan fingerprint density at radius 3 is 2.00 bits per heavy atom. The quantitative estimate of drug-likeness (QED) is 0.515. The molecule has 0 aromatic carbocycles. The molecular weight excluding hydrogens is 122 g/mol. The van der Waals surface area contributed by atoms with Gasteiger partial charge in [-0.2, -0.15) is 0 Å². The standard InChI is InChI=1S/C9H18N/c1-8(2)9(3,4)10-6-5-7-10/h6,8H,5,7H2,1-4H3/q+1. The van der Waals surface area contributed by atoms with Gasteiger partial charge in [0.1, 0.15) is 6.21 Å². The molecule has 0 saturated heterocycles. The van der Waals surface area contributed by atoms with E-state index in [2.05, 4.69) is 38.5 Å². The molecule has 1 aliphatic rings. The topological polar surface area (TPSA) is 3.01 Å². The first kappa shape index (κ1) is 7.77. The summed E-state index contributed by atoms with van der Waals surface area (Å²) < 4.78 is 2.44. The van der Waals surface area contributed by atoms with Gasteiger partial charge in [-0.05, 0) is 0 Å². The predicted octanol–water partition coefficient (Wildman–Crippen LogP) is 1.91. The lowest BCUT2D eigenvalue weighted by Crippen LogP contribution is -2.46. The fraction of sp³-hybridized carbons (Fsp3) is 0.889. The van der Waals surface area contributed by atoms with Crippen LogP contribution in [-0.2, 0) is 0 Å². The molecule has 0 bridgehead atoms. The average Bonchev–Trinajstić information content (AvgIpc) is 1.57. The van der Waals surface area contributed by atoms with Gasteiger partial charge in [0.2, 0.25) is 0 Å². The molecule has 0 aromatic heterocycles. The van der Waals surface area contributed by atoms with E-state index in [1.807, 2.05) is 0 Å². The second-order valence-corrected chi connectivity index (χ2v) is 3.97. The molecule has 0 amide bonds. The van der Waals surface area contributed by atoms with Gasteiger partial charge in [-0.25, -0.2) is 4.58 Å². The third kappa shape index (κ3) is 1.09. The third-order valence-electron chi connectivity index (χ3n) is 2.87. The van der Waals surface area contributed by atoms with Gasteiger partial charge in [0, 0.05) is 19.8 Å². The van der Waals surface area contributed by atoms with Crippen LogP contribution < -0.4 is 0 Å². The van der Waals surface area contributed by atoms with Crippen molar-refractivity contribution in [3.8, 4) is 0 Å². The van der Waals surface area contributed by atoms with Crippen LogP contribution in [0.5, 0.6) is 0 Å². The molecule has 0 unspecified atom stereocenters. The molecular formula is C9H18N+. The van der Waals surface area contributed by atoms with Crippen LogP contribution in [0.3, 0.4) is 0 Å². The van der Waals surface area contributed by atoms with E-state index in [0.29, 0.717) is 5.54 Å². The maximum Gasteiger partial charge on any atom is 0.158 e. The minimum absolute atomic E-state index is 0.373. The van der Waals surface area contributed by atoms with Crippen LogP contribution in [0.1, 0.15) is 34.1 Å². The van der Waals surface area contributed by atoms with Gasteiger partial charge in [0.05, 0.1) is 6.42 Å². The van der Waals surface area contributed by atoms with Crippen molar-refractivity contribution < 1.29 is 4.58 Å². The van der Waals surface area contributed by atoms with Crippen LogP contribution in [0.25, 0.3) is 0 Å². The van der Waals surface area contributed by atoms with Gasteiger partial charge < -0.3 is 0 Å². The summed E-state index contributed by atoms with van der Waals surface area (Å²) in [5, 5.41) is 0. The van der Waals surface area contributed by atoms with Crippen molar-refractivity contribution in [3.63, 3.8) is 0 Å². The molecule has 1 heterocycles. The average molecular weight is 140 g/mol. The Morgan fingerprint density at radius 2 is 1.90 bits per heavy atom. The van der Waals surface area contributed by atoms with Crippen molar-refractivity contribution in [2.75, 3.05) is 6.54 Å². The summed E-state index contributed by atoms with van der Waals surface area (Å²) in [5.74, 6) is 0.740. The monoisotopic (exact) mass is 140 g/mol. The maximum absolute atomic E-state index is 2.44. The van der Waals surface area contributed by atoms with Crippen LogP contribution in [0.2, 0.25) is 0 Å². The zero-order valence-electron chi connectivity index (χ0n) is 7.52. The first-order valence-electron chi connectivity index (χ1n) is 4.15. The first-order valence-corrected chi connectivity index (χ1v) is 4.15. The molecule has 1 heteroatoms. The molecule has 0 aromatic rings. The van der Waals surface area contributed by atoms with Crippen LogP contribution >= 0.6 is 0 Å². The Balaban J connectivity index is 2.67. The lowest BCUT2D eigenvalue weighted by atomic mass is 9.88. The Bertz CT molecular complexity index is 154. The van der Waals surface area contributed by atoms with E-state index in [-0.39, 0.29) is 0 Å². The Kier molecular flexibility index (Phi) is 1.84. The van der Waals surface area contributed by atoms with Crippen molar-refractivity contribution in [1.29, 1.82) is 0 Å². The molecule has 1 aliphatic heterocycles. The van der Waals surface area contributed by atoms with E-state index >= 15 is 0 Å². The molecule has 1 rings (SSSR count). The Hall–Kier alpha value is -0.330. The minimum atomic E-state index is 0.373. The highest BCUT2D eigenvalue weighted by Gasteiger charge is 2.36. The van der Waals surface area contributed by atoms with Gasteiger partial charge in [-0.1, -0.05) is 13.8 Å². The smallest absolute Gasteiger partial charge is 0.158 e. The molecule has 1 nitrogen and oxygen atoms in total. The lowest BCUT2D eigenvalue weighted by molar-refractivity contribution is -0.624. The van der Waals surface area contributed by atoms with Crippen LogP contribution in [0.4, 0.5) is 0 Å². The van der Waals surface area contributed by atoms with E-state index in [1.165, 1.54) is 13.0 Å². The Labute approximate surface area is 63.8 Å². The first-order chi connectivity index (χ1) is 4.55. The summed E-state index contributed by atoms with van der Waals surface area (Å²) >= 11 is 0. The number of hydrogen-bond acceptors (Lipinski definition) is 0. The zero-order chi connectivity index (χ0) is 7.78. The maximum atomic E-state index is 2.44. The predicted molar refractivity (Wildman–Crippen MR) is 44.7 cm³/mol. The molecule has 10 heavy (non-hydrogen) atoms. The van der Waals surface area contributed by atoms with Crippen molar-refractivity contribution >= 4 is 6.21 Å². The zero-order valence-corrected chi connectivity index (χ0v) is 7.52. The molecule has 58 valence electrons. The Morgan fingerprint density at radius 1 is 1.40 bits per heavy atom. The minimum Gasteiger partial charge on any atom is -0.234 e. The molecule has 0 spiro atoms. The summed E-state index contributed by atoms with van der Waals surface area (Å²) in [6.07, 6.45) is 3.58. The van der Waals surface area contributed by atoms with E-state index in [9.17, 15) is 0 Å². The van der Waals surface area contributed by atoms with Crippen molar-refractivity contribution in [3.05, 3.63) is 0 Å². The van der Waals surface area contributed by atoms with Gasteiger partial charge >= 0.3 is 0 Å². The normalized spacial score (nSPS) is 18.7. The second-order valence-electron chi connectivity index (χ2n) is 3.97. The van der Waals surface area contributed by atoms with E-state index in [0.717, 1.165) is 5.92 Å². The van der Waals surface area contributed by atoms with Gasteiger partial charge in [-0.15, -0.1) is 0 Å². The molecule has 0 saturated carbocycles. The van der Waals surface area contributed by atoms with Crippen molar-refractivity contribution in [2.45, 2.75) is 39.7 Å². The van der Waals surface area contributed by atoms with E-state index in [1.54, 1.807) is 0 Å². The van der Waals surface area contributed by atoms with Gasteiger partial charge in [-0.3, -0.25) is 0 Å². The number of rotatable bonds is 2. The molecule has 0 N–H and O–H groups in total. The fourth-order valence-electron chi connectivity index (χ4n) is 1.11. The second kappa shape index (κ2) is 2.37. The van der Waals surface area contributed by atoms with Crippen LogP contribution in [0, 0.1) is 5.92 Å². The molecule has 0 fully saturated rings. The highest BCUT2D eigenvalue weighted by atomic mass is 15.1. The van der Waals surface area contributed by atoms with Crippen molar-refractivity contribution in [2.24, 2.45) is 5.92 Å². The van der Waals surface area contributed by atoms with Crippen LogP contribution in [-0.4, -0.2) is 22.9 Å². The van der Waals surface area contributed by atoms with Gasteiger partial charge in [0.15, 0.2) is 12.1 Å². The summed E-state index contributed by atoms with van der Waals surface area (Å²) in [5.41, 5.74) is 0.373. The van der Waals surface area contributed by atoms with Gasteiger partial charge in [0.25, 0.3) is 0 Å². The highest BCUT2D eigenvalue weighted by Crippen LogP contribution is 2.22.